The highest BCUT2D eigenvalue weighted by molar-refractivity contribution is 9.10. The van der Waals surface area contributed by atoms with E-state index in [4.69, 9.17) is 9.47 Å². The second-order valence-corrected chi connectivity index (χ2v) is 7.97. The van der Waals surface area contributed by atoms with Crippen LogP contribution in [-0.4, -0.2) is 35.3 Å². The lowest BCUT2D eigenvalue weighted by Gasteiger charge is -2.15. The Balaban J connectivity index is 1.92. The Labute approximate surface area is 197 Å². The molecule has 0 unspecified atom stereocenters. The van der Waals surface area contributed by atoms with Crippen LogP contribution in [0.4, 0.5) is 5.69 Å². The van der Waals surface area contributed by atoms with Gasteiger partial charge in [-0.25, -0.2) is 4.98 Å². The molecule has 0 aliphatic heterocycles. The molecule has 0 saturated heterocycles. The summed E-state index contributed by atoms with van der Waals surface area (Å²) in [7, 11) is 0. The zero-order valence-electron chi connectivity index (χ0n) is 17.3. The minimum atomic E-state index is -0.524. The van der Waals surface area contributed by atoms with Crippen LogP contribution in [0.3, 0.4) is 0 Å². The van der Waals surface area contributed by atoms with Crippen LogP contribution in [-0.2, 0) is 4.79 Å². The number of H-pyrrole nitrogens is 1. The number of thioether (sulfide) groups is 1. The smallest absolute Gasteiger partial charge is 0.270 e. The molecule has 0 atom stereocenters. The van der Waals surface area contributed by atoms with Crippen LogP contribution in [0, 0.1) is 11.3 Å². The molecule has 1 heterocycles. The molecule has 0 aliphatic carbocycles. The largest absolute Gasteiger partial charge is 0.490 e. The number of nitrogens with one attached hydrogen (secondary N) is 2. The van der Waals surface area contributed by atoms with Crippen LogP contribution in [0.5, 0.6) is 11.5 Å². The molecule has 3 rings (SSSR count). The van der Waals surface area contributed by atoms with Crippen molar-refractivity contribution in [2.75, 3.05) is 24.8 Å². The van der Waals surface area contributed by atoms with E-state index in [1.165, 1.54) is 11.8 Å². The molecule has 8 nitrogen and oxygen atoms in total. The third-order valence-electron chi connectivity index (χ3n) is 4.21. The highest BCUT2D eigenvalue weighted by atomic mass is 79.9. The topological polar surface area (TPSA) is 117 Å². The lowest BCUT2D eigenvalue weighted by Crippen LogP contribution is -2.20. The predicted octanol–water partition coefficient (Wildman–Crippen LogP) is 4.21. The van der Waals surface area contributed by atoms with Gasteiger partial charge in [-0.05, 0) is 53.4 Å². The van der Waals surface area contributed by atoms with Crippen LogP contribution in [0.25, 0.3) is 11.3 Å². The van der Waals surface area contributed by atoms with Crippen molar-refractivity contribution in [3.8, 4) is 28.8 Å². The van der Waals surface area contributed by atoms with Gasteiger partial charge in [0.1, 0.15) is 11.6 Å². The van der Waals surface area contributed by atoms with Crippen molar-refractivity contribution in [3.05, 3.63) is 62.9 Å². The first-order chi connectivity index (χ1) is 15.5. The van der Waals surface area contributed by atoms with Gasteiger partial charge in [0.05, 0.1) is 12.3 Å². The van der Waals surface area contributed by atoms with Crippen molar-refractivity contribution >= 4 is 39.3 Å². The predicted molar refractivity (Wildman–Crippen MR) is 126 cm³/mol. The molecule has 10 heteroatoms. The van der Waals surface area contributed by atoms with Gasteiger partial charge in [-0.3, -0.25) is 9.59 Å². The first-order valence-corrected chi connectivity index (χ1v) is 11.5. The molecule has 3 aromatic rings. The SMILES string of the molecule is CCOc1cc(-c2nc(SC)[nH]c(=O)c2C#N)c(Br)cc1OCC(=O)Nc1ccccc1. The Hall–Kier alpha value is -3.29. The van der Waals surface area contributed by atoms with E-state index in [0.29, 0.717) is 39.0 Å². The highest BCUT2D eigenvalue weighted by Gasteiger charge is 2.19. The Kier molecular flexibility index (Phi) is 7.92. The minimum absolute atomic E-state index is 0.109. The minimum Gasteiger partial charge on any atom is -0.490 e. The van der Waals surface area contributed by atoms with E-state index in [-0.39, 0.29) is 23.8 Å². The van der Waals surface area contributed by atoms with Crippen LogP contribution < -0.4 is 20.3 Å². The zero-order chi connectivity index (χ0) is 23.1. The number of benzene rings is 2. The number of amides is 1. The summed E-state index contributed by atoms with van der Waals surface area (Å²) in [4.78, 5) is 31.5. The molecule has 32 heavy (non-hydrogen) atoms. The molecule has 1 aromatic heterocycles. The van der Waals surface area contributed by atoms with Gasteiger partial charge in [0, 0.05) is 15.7 Å². The quantitative estimate of drug-likeness (QED) is 0.341. The molecule has 164 valence electrons. The molecule has 2 aromatic carbocycles. The summed E-state index contributed by atoms with van der Waals surface area (Å²) in [5.74, 6) is 0.362. The summed E-state index contributed by atoms with van der Waals surface area (Å²) < 4.78 is 11.9. The number of nitriles is 1. The molecule has 0 spiro atoms. The van der Waals surface area contributed by atoms with Crippen LogP contribution in [0.2, 0.25) is 0 Å². The monoisotopic (exact) mass is 514 g/mol. The molecular formula is C22H19BrN4O4S. The lowest BCUT2D eigenvalue weighted by molar-refractivity contribution is -0.118. The zero-order valence-corrected chi connectivity index (χ0v) is 19.7. The first-order valence-electron chi connectivity index (χ1n) is 9.49. The number of ether oxygens (including phenoxy) is 2. The fraction of sp³-hybridized carbons (Fsp3) is 0.182. The van der Waals surface area contributed by atoms with Gasteiger partial charge in [0.2, 0.25) is 0 Å². The summed E-state index contributed by atoms with van der Waals surface area (Å²) in [6.07, 6.45) is 1.77. The molecule has 2 N–H and O–H groups in total. The summed E-state index contributed by atoms with van der Waals surface area (Å²) in [6, 6.07) is 14.2. The van der Waals surface area contributed by atoms with Gasteiger partial charge in [0.25, 0.3) is 11.5 Å². The van der Waals surface area contributed by atoms with Gasteiger partial charge in [-0.15, -0.1) is 0 Å². The number of rotatable bonds is 8. The van der Waals surface area contributed by atoms with Crippen molar-refractivity contribution in [3.63, 3.8) is 0 Å². The third kappa shape index (κ3) is 5.49. The van der Waals surface area contributed by atoms with Crippen molar-refractivity contribution in [1.82, 2.24) is 9.97 Å². The summed E-state index contributed by atoms with van der Waals surface area (Å²) in [5, 5.41) is 12.6. The van der Waals surface area contributed by atoms with Crippen LogP contribution in [0.1, 0.15) is 12.5 Å². The molecule has 0 radical (unpaired) electrons. The van der Waals surface area contributed by atoms with Crippen LogP contribution in [0.15, 0.2) is 56.9 Å². The Morgan fingerprint density at radius 3 is 2.62 bits per heavy atom. The van der Waals surface area contributed by atoms with Crippen LogP contribution >= 0.6 is 27.7 Å². The van der Waals surface area contributed by atoms with Crippen molar-refractivity contribution in [1.29, 1.82) is 5.26 Å². The normalized spacial score (nSPS) is 10.3. The molecular weight excluding hydrogens is 496 g/mol. The second-order valence-electron chi connectivity index (χ2n) is 6.33. The molecule has 1 amide bonds. The van der Waals surface area contributed by atoms with E-state index in [2.05, 4.69) is 31.2 Å². The Bertz CT molecular complexity index is 1230. The summed E-state index contributed by atoms with van der Waals surface area (Å²) in [6.45, 7) is 1.92. The summed E-state index contributed by atoms with van der Waals surface area (Å²) >= 11 is 4.71. The van der Waals surface area contributed by atoms with E-state index in [1.54, 1.807) is 30.5 Å². The van der Waals surface area contributed by atoms with E-state index < -0.39 is 5.56 Å². The van der Waals surface area contributed by atoms with Gasteiger partial charge < -0.3 is 19.8 Å². The number of anilines is 1. The van der Waals surface area contributed by atoms with Gasteiger partial charge >= 0.3 is 0 Å². The fourth-order valence-corrected chi connectivity index (χ4v) is 3.69. The second kappa shape index (κ2) is 10.8. The van der Waals surface area contributed by atoms with Crippen molar-refractivity contribution in [2.24, 2.45) is 0 Å². The van der Waals surface area contributed by atoms with Crippen molar-refractivity contribution in [2.45, 2.75) is 12.1 Å². The number of nitrogens with zero attached hydrogens (tertiary/aromatic N) is 2. The molecule has 0 bridgehead atoms. The first kappa shape index (κ1) is 23.4. The van der Waals surface area contributed by atoms with Gasteiger partial charge in [-0.2, -0.15) is 5.26 Å². The maximum absolute atomic E-state index is 12.3. The van der Waals surface area contributed by atoms with E-state index >= 15 is 0 Å². The molecule has 0 fully saturated rings. The van der Waals surface area contributed by atoms with Gasteiger partial charge in [-0.1, -0.05) is 30.0 Å². The number of para-hydroxylation sites is 1. The lowest BCUT2D eigenvalue weighted by atomic mass is 10.1. The number of hydrogen-bond acceptors (Lipinski definition) is 7. The third-order valence-corrected chi connectivity index (χ3v) is 5.44. The van der Waals surface area contributed by atoms with Gasteiger partial charge in [0.15, 0.2) is 23.3 Å². The van der Waals surface area contributed by atoms with E-state index in [1.807, 2.05) is 31.2 Å². The molecule has 0 aliphatic rings. The number of carbonyl (C=O) groups excluding carboxylic acids is 1. The Morgan fingerprint density at radius 1 is 1.25 bits per heavy atom. The maximum Gasteiger partial charge on any atom is 0.270 e. The highest BCUT2D eigenvalue weighted by Crippen LogP contribution is 2.39. The maximum atomic E-state index is 12.3. The number of aromatic nitrogens is 2. The Morgan fingerprint density at radius 2 is 1.97 bits per heavy atom. The fourth-order valence-electron chi connectivity index (χ4n) is 2.81. The standard InChI is InChI=1S/C22H19BrN4O4S/c1-3-30-17-9-14(20-15(11-24)21(29)27-22(26-20)32-2)16(23)10-18(17)31-12-19(28)25-13-7-5-4-6-8-13/h4-10H,3,12H2,1-2H3,(H,25,28)(H,26,27,29). The van der Waals surface area contributed by atoms with E-state index in [9.17, 15) is 14.9 Å². The summed E-state index contributed by atoms with van der Waals surface area (Å²) in [5.41, 5.74) is 0.748. The van der Waals surface area contributed by atoms with Crippen molar-refractivity contribution < 1.29 is 14.3 Å². The average molecular weight is 515 g/mol. The number of halogens is 1. The molecule has 0 saturated carbocycles. The number of hydrogen-bond donors (Lipinski definition) is 2. The van der Waals surface area contributed by atoms with E-state index in [0.717, 1.165) is 0 Å². The number of aromatic amines is 1. The number of carbonyl (C=O) groups is 1. The average Bonchev–Trinajstić information content (AvgIpc) is 2.79.